The molecule has 7 nitrogen and oxygen atoms in total. The van der Waals surface area contributed by atoms with Crippen molar-refractivity contribution in [2.75, 3.05) is 19.8 Å². The van der Waals surface area contributed by atoms with Gasteiger partial charge >= 0.3 is 0 Å². The number of aliphatic hydroxyl groups is 1. The number of nitrogens with zero attached hydrogens (tertiary/aromatic N) is 3. The molecule has 92 valence electrons. The molecular weight excluding hydrogens is 226 g/mol. The van der Waals surface area contributed by atoms with Crippen LogP contribution in [0, 0.1) is 40.0 Å². The molecule has 0 aliphatic rings. The third kappa shape index (κ3) is 4.06. The highest BCUT2D eigenvalue weighted by atomic mass is 16.5. The molecule has 0 aliphatic heterocycles. The molecule has 0 fully saturated rings. The van der Waals surface area contributed by atoms with Gasteiger partial charge in [-0.25, -0.2) is 0 Å². The van der Waals surface area contributed by atoms with Crippen molar-refractivity contribution in [3.8, 4) is 18.8 Å². The van der Waals surface area contributed by atoms with Crippen molar-refractivity contribution in [1.29, 1.82) is 15.8 Å². The summed E-state index contributed by atoms with van der Waals surface area (Å²) in [7, 11) is 0. The highest BCUT2D eigenvalue weighted by Crippen LogP contribution is 2.27. The summed E-state index contributed by atoms with van der Waals surface area (Å²) in [6.45, 7) is 0.922. The lowest BCUT2D eigenvalue weighted by Crippen LogP contribution is -2.46. The lowest BCUT2D eigenvalue weighted by molar-refractivity contribution is -0.0848. The van der Waals surface area contributed by atoms with E-state index < -0.39 is 18.1 Å². The summed E-state index contributed by atoms with van der Waals surface area (Å²) in [5.41, 5.74) is -1.12. The SMILES string of the molecule is CCC(OC#N)C(CO)(COC#N)COC#N. The molecule has 0 aliphatic carbocycles. The van der Waals surface area contributed by atoms with E-state index in [1.807, 2.05) is 0 Å². The van der Waals surface area contributed by atoms with Crippen LogP contribution in [0.3, 0.4) is 0 Å². The molecule has 0 aromatic rings. The molecule has 0 heterocycles. The van der Waals surface area contributed by atoms with Gasteiger partial charge in [-0.15, -0.1) is 0 Å². The zero-order valence-electron chi connectivity index (χ0n) is 9.42. The van der Waals surface area contributed by atoms with E-state index in [9.17, 15) is 5.11 Å². The number of hydrogen-bond acceptors (Lipinski definition) is 7. The summed E-state index contributed by atoms with van der Waals surface area (Å²) in [5.74, 6) is 0. The summed E-state index contributed by atoms with van der Waals surface area (Å²) in [4.78, 5) is 0. The first-order valence-corrected chi connectivity index (χ1v) is 4.88. The fourth-order valence-corrected chi connectivity index (χ4v) is 1.48. The lowest BCUT2D eigenvalue weighted by Gasteiger charge is -2.34. The van der Waals surface area contributed by atoms with Gasteiger partial charge in [0.1, 0.15) is 24.7 Å². The zero-order valence-corrected chi connectivity index (χ0v) is 9.42. The maximum absolute atomic E-state index is 9.39. The molecule has 0 aromatic heterocycles. The highest BCUT2D eigenvalue weighted by Gasteiger charge is 2.42. The second-order valence-corrected chi connectivity index (χ2v) is 3.39. The Bertz CT molecular complexity index is 321. The quantitative estimate of drug-likeness (QED) is 0.602. The zero-order chi connectivity index (χ0) is 13.1. The third-order valence-electron chi connectivity index (χ3n) is 2.41. The molecule has 1 N–H and O–H groups in total. The fourth-order valence-electron chi connectivity index (χ4n) is 1.48. The van der Waals surface area contributed by atoms with Gasteiger partial charge in [0.2, 0.25) is 0 Å². The van der Waals surface area contributed by atoms with Gasteiger partial charge in [0.25, 0.3) is 18.8 Å². The standard InChI is InChI=1S/C10H13N3O4/c1-2-9(17-8-13)10(3-14,4-15-6-11)5-16-7-12/h9,14H,2-5H2,1H3. The molecule has 0 radical (unpaired) electrons. The van der Waals surface area contributed by atoms with Crippen molar-refractivity contribution in [2.45, 2.75) is 19.4 Å². The Labute approximate surface area is 99.3 Å². The van der Waals surface area contributed by atoms with Gasteiger partial charge in [0.15, 0.2) is 0 Å². The van der Waals surface area contributed by atoms with Crippen LogP contribution in [-0.4, -0.2) is 31.0 Å². The summed E-state index contributed by atoms with van der Waals surface area (Å²) in [5, 5.41) is 34.6. The Morgan fingerprint density at radius 3 is 1.94 bits per heavy atom. The highest BCUT2D eigenvalue weighted by molar-refractivity contribution is 4.89. The Balaban J connectivity index is 4.94. The van der Waals surface area contributed by atoms with Crippen LogP contribution in [0.4, 0.5) is 0 Å². The van der Waals surface area contributed by atoms with Crippen molar-refractivity contribution >= 4 is 0 Å². The molecule has 0 amide bonds. The second kappa shape index (κ2) is 8.04. The van der Waals surface area contributed by atoms with Crippen LogP contribution in [0.25, 0.3) is 0 Å². The van der Waals surface area contributed by atoms with E-state index in [-0.39, 0.29) is 13.2 Å². The molecule has 0 saturated heterocycles. The van der Waals surface area contributed by atoms with Gasteiger partial charge in [-0.2, -0.15) is 15.8 Å². The molecule has 0 aromatic carbocycles. The molecule has 0 saturated carbocycles. The lowest BCUT2D eigenvalue weighted by atomic mass is 9.83. The average molecular weight is 239 g/mol. The van der Waals surface area contributed by atoms with Crippen LogP contribution in [-0.2, 0) is 14.2 Å². The summed E-state index contributed by atoms with van der Waals surface area (Å²) >= 11 is 0. The Morgan fingerprint density at radius 2 is 1.65 bits per heavy atom. The van der Waals surface area contributed by atoms with Gasteiger partial charge < -0.3 is 19.3 Å². The van der Waals surface area contributed by atoms with E-state index in [2.05, 4.69) is 9.47 Å². The molecule has 1 unspecified atom stereocenters. The molecule has 0 rings (SSSR count). The second-order valence-electron chi connectivity index (χ2n) is 3.39. The van der Waals surface area contributed by atoms with Crippen molar-refractivity contribution in [1.82, 2.24) is 0 Å². The van der Waals surface area contributed by atoms with Crippen molar-refractivity contribution in [3.05, 3.63) is 0 Å². The Hall–Kier alpha value is -2.17. The van der Waals surface area contributed by atoms with E-state index in [0.29, 0.717) is 6.42 Å². The smallest absolute Gasteiger partial charge is 0.286 e. The number of nitriles is 3. The minimum atomic E-state index is -1.12. The third-order valence-corrected chi connectivity index (χ3v) is 2.41. The maximum atomic E-state index is 9.39. The van der Waals surface area contributed by atoms with Crippen molar-refractivity contribution in [3.63, 3.8) is 0 Å². The number of ether oxygens (including phenoxy) is 3. The Kier molecular flexibility index (Phi) is 7.01. The van der Waals surface area contributed by atoms with Crippen LogP contribution in [0.1, 0.15) is 13.3 Å². The fraction of sp³-hybridized carbons (Fsp3) is 0.700. The van der Waals surface area contributed by atoms with Crippen molar-refractivity contribution < 1.29 is 19.3 Å². The van der Waals surface area contributed by atoms with E-state index in [1.165, 1.54) is 18.8 Å². The van der Waals surface area contributed by atoms with Crippen LogP contribution in [0.15, 0.2) is 0 Å². The van der Waals surface area contributed by atoms with Crippen LogP contribution in [0.2, 0.25) is 0 Å². The van der Waals surface area contributed by atoms with E-state index in [0.717, 1.165) is 0 Å². The summed E-state index contributed by atoms with van der Waals surface area (Å²) in [6, 6.07) is 0. The molecule has 0 spiro atoms. The van der Waals surface area contributed by atoms with E-state index in [1.54, 1.807) is 6.92 Å². The topological polar surface area (TPSA) is 119 Å². The minimum Gasteiger partial charge on any atom is -0.427 e. The van der Waals surface area contributed by atoms with Crippen molar-refractivity contribution in [2.24, 2.45) is 5.41 Å². The molecule has 0 bridgehead atoms. The molecular formula is C10H13N3O4. The summed E-state index contributed by atoms with van der Waals surface area (Å²) in [6.07, 6.45) is 4.16. The monoisotopic (exact) mass is 239 g/mol. The largest absolute Gasteiger partial charge is 0.427 e. The van der Waals surface area contributed by atoms with Crippen LogP contribution < -0.4 is 0 Å². The molecule has 1 atom stereocenters. The number of rotatable bonds is 8. The van der Waals surface area contributed by atoms with Crippen LogP contribution >= 0.6 is 0 Å². The van der Waals surface area contributed by atoms with Gasteiger partial charge in [0, 0.05) is 0 Å². The number of aliphatic hydroxyl groups excluding tert-OH is 1. The van der Waals surface area contributed by atoms with Crippen LogP contribution in [0.5, 0.6) is 0 Å². The van der Waals surface area contributed by atoms with Gasteiger partial charge in [-0.05, 0) is 6.42 Å². The Morgan fingerprint density at radius 1 is 1.12 bits per heavy atom. The first kappa shape index (κ1) is 14.8. The predicted octanol–water partition coefficient (Wildman–Crippen LogP) is 0.237. The first-order valence-electron chi connectivity index (χ1n) is 4.88. The first-order chi connectivity index (χ1) is 8.20. The van der Waals surface area contributed by atoms with E-state index >= 15 is 0 Å². The number of hydrogen-bond donors (Lipinski definition) is 1. The van der Waals surface area contributed by atoms with Gasteiger partial charge in [-0.1, -0.05) is 6.92 Å². The molecule has 17 heavy (non-hydrogen) atoms. The van der Waals surface area contributed by atoms with Gasteiger partial charge in [-0.3, -0.25) is 0 Å². The predicted molar refractivity (Wildman–Crippen MR) is 53.4 cm³/mol. The van der Waals surface area contributed by atoms with E-state index in [4.69, 9.17) is 20.5 Å². The summed E-state index contributed by atoms with van der Waals surface area (Å²) < 4.78 is 14.0. The maximum Gasteiger partial charge on any atom is 0.286 e. The minimum absolute atomic E-state index is 0.193. The van der Waals surface area contributed by atoms with Gasteiger partial charge in [0.05, 0.1) is 6.61 Å². The average Bonchev–Trinajstić information content (AvgIpc) is 2.37. The normalized spacial score (nSPS) is 11.5. The molecule has 7 heteroatoms.